The van der Waals surface area contributed by atoms with Crippen molar-refractivity contribution in [2.24, 2.45) is 5.73 Å². The fourth-order valence-electron chi connectivity index (χ4n) is 0.640. The minimum Gasteiger partial charge on any atom is -0.375 e. The van der Waals surface area contributed by atoms with Gasteiger partial charge in [-0.15, -0.1) is 0 Å². The molecule has 0 radical (unpaired) electrons. The number of aliphatic hydroxyl groups is 1. The van der Waals surface area contributed by atoms with E-state index in [9.17, 15) is 0 Å². The first-order valence-corrected chi connectivity index (χ1v) is 2.58. The Hall–Kier alpha value is -0.120. The van der Waals surface area contributed by atoms with E-state index in [1.54, 1.807) is 6.92 Å². The molecule has 0 spiro atoms. The summed E-state index contributed by atoms with van der Waals surface area (Å²) in [5.74, 6) is 0. The Morgan fingerprint density at radius 2 is 2.00 bits per heavy atom. The normalized spacial score (nSPS) is 18.8. The first kappa shape index (κ1) is 7.88. The van der Waals surface area contributed by atoms with Gasteiger partial charge in [0.05, 0.1) is 0 Å². The summed E-state index contributed by atoms with van der Waals surface area (Å²) in [6.45, 7) is 2.07. The highest BCUT2D eigenvalue weighted by atomic mass is 16.3. The van der Waals surface area contributed by atoms with Crippen LogP contribution in [0.3, 0.4) is 0 Å². The van der Waals surface area contributed by atoms with Crippen molar-refractivity contribution in [2.75, 3.05) is 20.6 Å². The molecule has 50 valence electrons. The molecule has 0 fully saturated rings. The maximum Gasteiger partial charge on any atom is 0.123 e. The smallest absolute Gasteiger partial charge is 0.123 e. The predicted octanol–water partition coefficient (Wildman–Crippen LogP) is -0.785. The summed E-state index contributed by atoms with van der Waals surface area (Å²) in [5.41, 5.74) is 4.20. The molecule has 0 aromatic rings. The number of rotatable bonds is 2. The van der Waals surface area contributed by atoms with Gasteiger partial charge >= 0.3 is 0 Å². The maximum absolute atomic E-state index is 8.92. The molecular formula is C5H14N2O. The van der Waals surface area contributed by atoms with Crippen LogP contribution in [0.1, 0.15) is 6.92 Å². The molecule has 3 N–H and O–H groups in total. The Morgan fingerprint density at radius 3 is 2.00 bits per heavy atom. The summed E-state index contributed by atoms with van der Waals surface area (Å²) in [6, 6.07) is 0. The zero-order valence-corrected chi connectivity index (χ0v) is 5.68. The van der Waals surface area contributed by atoms with Crippen molar-refractivity contribution in [3.05, 3.63) is 0 Å². The molecule has 0 saturated heterocycles. The SMILES string of the molecule is CN(C)CC(C)(N)O. The monoisotopic (exact) mass is 118 g/mol. The summed E-state index contributed by atoms with van der Waals surface area (Å²) in [7, 11) is 3.72. The van der Waals surface area contributed by atoms with Crippen LogP contribution in [0.5, 0.6) is 0 Å². The molecule has 0 aliphatic carbocycles. The van der Waals surface area contributed by atoms with Gasteiger partial charge in [0.1, 0.15) is 5.72 Å². The van der Waals surface area contributed by atoms with Gasteiger partial charge in [0, 0.05) is 6.54 Å². The Balaban J connectivity index is 3.39. The molecule has 3 nitrogen and oxygen atoms in total. The van der Waals surface area contributed by atoms with E-state index in [-0.39, 0.29) is 0 Å². The largest absolute Gasteiger partial charge is 0.375 e. The second-order valence-corrected chi connectivity index (χ2v) is 2.59. The molecule has 0 heterocycles. The van der Waals surface area contributed by atoms with Gasteiger partial charge in [-0.2, -0.15) is 0 Å². The second kappa shape index (κ2) is 2.44. The van der Waals surface area contributed by atoms with Gasteiger partial charge in [-0.25, -0.2) is 0 Å². The lowest BCUT2D eigenvalue weighted by Gasteiger charge is -2.21. The van der Waals surface area contributed by atoms with Crippen LogP contribution in [0.2, 0.25) is 0 Å². The van der Waals surface area contributed by atoms with Gasteiger partial charge < -0.3 is 15.7 Å². The zero-order valence-electron chi connectivity index (χ0n) is 5.68. The van der Waals surface area contributed by atoms with Crippen LogP contribution in [0.25, 0.3) is 0 Å². The van der Waals surface area contributed by atoms with Crippen molar-refractivity contribution < 1.29 is 5.11 Å². The van der Waals surface area contributed by atoms with E-state index >= 15 is 0 Å². The third-order valence-electron chi connectivity index (χ3n) is 0.636. The van der Waals surface area contributed by atoms with E-state index in [2.05, 4.69) is 0 Å². The van der Waals surface area contributed by atoms with Crippen molar-refractivity contribution in [1.82, 2.24) is 4.90 Å². The van der Waals surface area contributed by atoms with Crippen molar-refractivity contribution >= 4 is 0 Å². The topological polar surface area (TPSA) is 49.5 Å². The molecule has 0 aliphatic heterocycles. The van der Waals surface area contributed by atoms with Gasteiger partial charge in [0.15, 0.2) is 0 Å². The van der Waals surface area contributed by atoms with Crippen LogP contribution in [-0.4, -0.2) is 36.4 Å². The highest BCUT2D eigenvalue weighted by Gasteiger charge is 2.12. The summed E-state index contributed by atoms with van der Waals surface area (Å²) >= 11 is 0. The zero-order chi connectivity index (χ0) is 6.78. The third kappa shape index (κ3) is 5.88. The fourth-order valence-corrected chi connectivity index (χ4v) is 0.640. The van der Waals surface area contributed by atoms with Gasteiger partial charge in [-0.1, -0.05) is 0 Å². The Labute approximate surface area is 50.1 Å². The minimum atomic E-state index is -1.05. The lowest BCUT2D eigenvalue weighted by atomic mass is 10.3. The summed E-state index contributed by atoms with van der Waals surface area (Å²) in [5, 5.41) is 8.92. The summed E-state index contributed by atoms with van der Waals surface area (Å²) in [6.07, 6.45) is 0. The van der Waals surface area contributed by atoms with Gasteiger partial charge in [0.2, 0.25) is 0 Å². The first-order chi connectivity index (χ1) is 3.42. The minimum absolute atomic E-state index is 0.493. The van der Waals surface area contributed by atoms with Crippen LogP contribution in [0.15, 0.2) is 0 Å². The summed E-state index contributed by atoms with van der Waals surface area (Å²) in [4.78, 5) is 1.83. The summed E-state index contributed by atoms with van der Waals surface area (Å²) < 4.78 is 0. The van der Waals surface area contributed by atoms with Crippen LogP contribution in [-0.2, 0) is 0 Å². The van der Waals surface area contributed by atoms with Crippen molar-refractivity contribution in [3.8, 4) is 0 Å². The van der Waals surface area contributed by atoms with Gasteiger partial charge in [0.25, 0.3) is 0 Å². The fraction of sp³-hybridized carbons (Fsp3) is 1.00. The van der Waals surface area contributed by atoms with Crippen molar-refractivity contribution in [2.45, 2.75) is 12.6 Å². The molecule has 0 saturated carbocycles. The van der Waals surface area contributed by atoms with Gasteiger partial charge in [-0.05, 0) is 21.0 Å². The molecule has 0 aromatic heterocycles. The average molecular weight is 118 g/mol. The molecule has 1 unspecified atom stereocenters. The van der Waals surface area contributed by atoms with E-state index in [1.165, 1.54) is 0 Å². The lowest BCUT2D eigenvalue weighted by Crippen LogP contribution is -2.45. The van der Waals surface area contributed by atoms with Crippen LogP contribution in [0.4, 0.5) is 0 Å². The van der Waals surface area contributed by atoms with E-state index in [1.807, 2.05) is 19.0 Å². The standard InChI is InChI=1S/C5H14N2O/c1-5(6,8)4-7(2)3/h8H,4,6H2,1-3H3. The average Bonchev–Trinajstić information content (AvgIpc) is 1.21. The number of hydrogen-bond donors (Lipinski definition) is 2. The molecule has 0 bridgehead atoms. The molecule has 0 amide bonds. The Morgan fingerprint density at radius 1 is 1.62 bits per heavy atom. The van der Waals surface area contributed by atoms with Crippen molar-refractivity contribution in [1.29, 1.82) is 0 Å². The van der Waals surface area contributed by atoms with Crippen LogP contribution < -0.4 is 5.73 Å². The van der Waals surface area contributed by atoms with Crippen LogP contribution >= 0.6 is 0 Å². The number of nitrogens with two attached hydrogens (primary N) is 1. The Bertz CT molecular complexity index is 65.3. The van der Waals surface area contributed by atoms with Gasteiger partial charge in [-0.3, -0.25) is 0 Å². The molecule has 3 heteroatoms. The van der Waals surface area contributed by atoms with E-state index in [0.717, 1.165) is 0 Å². The number of nitrogens with zero attached hydrogens (tertiary/aromatic N) is 1. The highest BCUT2D eigenvalue weighted by Crippen LogP contribution is 1.91. The number of likely N-dealkylation sites (N-methyl/N-ethyl adjacent to an activating group) is 1. The highest BCUT2D eigenvalue weighted by molar-refractivity contribution is 4.64. The second-order valence-electron chi connectivity index (χ2n) is 2.59. The molecule has 8 heavy (non-hydrogen) atoms. The van der Waals surface area contributed by atoms with Crippen molar-refractivity contribution in [3.63, 3.8) is 0 Å². The van der Waals surface area contributed by atoms with Crippen LogP contribution in [0, 0.1) is 0 Å². The lowest BCUT2D eigenvalue weighted by molar-refractivity contribution is 0.0399. The number of hydrogen-bond acceptors (Lipinski definition) is 3. The third-order valence-corrected chi connectivity index (χ3v) is 0.636. The molecular weight excluding hydrogens is 104 g/mol. The quantitative estimate of drug-likeness (QED) is 0.467. The predicted molar refractivity (Wildman–Crippen MR) is 33.4 cm³/mol. The molecule has 1 atom stereocenters. The van der Waals surface area contributed by atoms with E-state index < -0.39 is 5.72 Å². The van der Waals surface area contributed by atoms with E-state index in [0.29, 0.717) is 6.54 Å². The molecule has 0 aliphatic rings. The maximum atomic E-state index is 8.92. The Kier molecular flexibility index (Phi) is 2.40. The van der Waals surface area contributed by atoms with E-state index in [4.69, 9.17) is 10.8 Å². The molecule has 0 rings (SSSR count). The first-order valence-electron chi connectivity index (χ1n) is 2.58. The molecule has 0 aromatic carbocycles.